The van der Waals surface area contributed by atoms with E-state index in [1.807, 2.05) is 30.7 Å². The summed E-state index contributed by atoms with van der Waals surface area (Å²) in [5, 5.41) is 0. The molecule has 0 aromatic carbocycles. The Bertz CT molecular complexity index is 992. The molecule has 20 heavy (non-hydrogen) atoms. The molecule has 0 unspecified atom stereocenters. The fraction of sp³-hybridized carbons (Fsp3) is 0.133. The fourth-order valence-corrected chi connectivity index (χ4v) is 3.26. The second-order valence-electron chi connectivity index (χ2n) is 5.19. The molecule has 5 heterocycles. The van der Waals surface area contributed by atoms with Crippen molar-refractivity contribution in [2.45, 2.75) is 6.54 Å². The standard InChI is InChI=1S/C15H12N5/c1-18-11-9-19-7-3-6-17-14(19)13(11)20-8-10-4-2-5-16-12(10)15(18)20/h2-7,9H,8H2,1H3/q+1. The highest BCUT2D eigenvalue weighted by atomic mass is 15.2. The maximum atomic E-state index is 4.55. The van der Waals surface area contributed by atoms with Crippen LogP contribution in [0.15, 0.2) is 43.0 Å². The quantitative estimate of drug-likeness (QED) is 0.397. The van der Waals surface area contributed by atoms with Crippen molar-refractivity contribution in [2.24, 2.45) is 7.05 Å². The molecule has 0 atom stereocenters. The summed E-state index contributed by atoms with van der Waals surface area (Å²) >= 11 is 0. The molecule has 0 fully saturated rings. The monoisotopic (exact) mass is 262 g/mol. The molecule has 5 heteroatoms. The largest absolute Gasteiger partial charge is 0.309 e. The molecule has 5 rings (SSSR count). The van der Waals surface area contributed by atoms with Crippen LogP contribution in [0.5, 0.6) is 0 Å². The number of imidazole rings is 1. The van der Waals surface area contributed by atoms with Crippen molar-refractivity contribution in [2.75, 3.05) is 0 Å². The topological polar surface area (TPSA) is 39.0 Å². The molecule has 0 aliphatic carbocycles. The summed E-state index contributed by atoms with van der Waals surface area (Å²) in [6.07, 6.45) is 7.87. The van der Waals surface area contributed by atoms with Crippen LogP contribution >= 0.6 is 0 Å². The average Bonchev–Trinajstić information content (AvgIpc) is 3.10. The van der Waals surface area contributed by atoms with E-state index in [1.54, 1.807) is 0 Å². The van der Waals surface area contributed by atoms with Crippen LogP contribution in [0.25, 0.3) is 28.2 Å². The van der Waals surface area contributed by atoms with Gasteiger partial charge in [0.2, 0.25) is 5.52 Å². The minimum atomic E-state index is 0.867. The molecule has 1 aliphatic rings. The zero-order valence-corrected chi connectivity index (χ0v) is 11.0. The van der Waals surface area contributed by atoms with Gasteiger partial charge >= 0.3 is 5.82 Å². The van der Waals surface area contributed by atoms with Crippen LogP contribution in [-0.4, -0.2) is 18.9 Å². The lowest BCUT2D eigenvalue weighted by Crippen LogP contribution is -2.31. The van der Waals surface area contributed by atoms with Crippen LogP contribution in [-0.2, 0) is 13.6 Å². The lowest BCUT2D eigenvalue weighted by atomic mass is 10.2. The first-order chi connectivity index (χ1) is 9.84. The first kappa shape index (κ1) is 10.1. The molecule has 4 aromatic heterocycles. The predicted octanol–water partition coefficient (Wildman–Crippen LogP) is 1.54. The van der Waals surface area contributed by atoms with Crippen molar-refractivity contribution in [3.8, 4) is 11.5 Å². The number of hydrogen-bond donors (Lipinski definition) is 0. The molecule has 4 aromatic rings. The first-order valence-corrected chi connectivity index (χ1v) is 6.63. The molecular weight excluding hydrogens is 250 g/mol. The molecular formula is C15H12N5+. The van der Waals surface area contributed by atoms with Gasteiger partial charge < -0.3 is 4.40 Å². The molecule has 96 valence electrons. The minimum absolute atomic E-state index is 0.867. The van der Waals surface area contributed by atoms with Crippen molar-refractivity contribution in [1.82, 2.24) is 18.9 Å². The van der Waals surface area contributed by atoms with E-state index in [0.717, 1.165) is 17.9 Å². The van der Waals surface area contributed by atoms with E-state index >= 15 is 0 Å². The van der Waals surface area contributed by atoms with Crippen molar-refractivity contribution in [3.63, 3.8) is 0 Å². The highest BCUT2D eigenvalue weighted by Crippen LogP contribution is 2.30. The van der Waals surface area contributed by atoms with Crippen LogP contribution in [0.1, 0.15) is 5.56 Å². The zero-order chi connectivity index (χ0) is 13.3. The van der Waals surface area contributed by atoms with Crippen molar-refractivity contribution in [1.29, 1.82) is 0 Å². The second kappa shape index (κ2) is 3.25. The first-order valence-electron chi connectivity index (χ1n) is 6.63. The van der Waals surface area contributed by atoms with Gasteiger partial charge in [-0.05, 0) is 12.1 Å². The number of hydrogen-bond acceptors (Lipinski definition) is 2. The van der Waals surface area contributed by atoms with Gasteiger partial charge in [0.1, 0.15) is 6.54 Å². The Morgan fingerprint density at radius 2 is 2.10 bits per heavy atom. The summed E-state index contributed by atoms with van der Waals surface area (Å²) in [6.45, 7) is 0.867. The lowest BCUT2D eigenvalue weighted by Gasteiger charge is -1.93. The van der Waals surface area contributed by atoms with E-state index in [2.05, 4.69) is 42.8 Å². The van der Waals surface area contributed by atoms with E-state index in [4.69, 9.17) is 0 Å². The normalized spacial score (nSPS) is 13.1. The van der Waals surface area contributed by atoms with Crippen LogP contribution in [0.4, 0.5) is 0 Å². The smallest absolute Gasteiger partial charge is 0.300 e. The minimum Gasteiger partial charge on any atom is -0.300 e. The average molecular weight is 262 g/mol. The van der Waals surface area contributed by atoms with E-state index in [0.29, 0.717) is 0 Å². The maximum Gasteiger partial charge on any atom is 0.309 e. The number of pyridine rings is 1. The fourth-order valence-electron chi connectivity index (χ4n) is 3.26. The molecule has 0 spiro atoms. The molecule has 0 saturated carbocycles. The van der Waals surface area contributed by atoms with Gasteiger partial charge in [0.15, 0.2) is 16.9 Å². The van der Waals surface area contributed by atoms with Crippen molar-refractivity contribution < 1.29 is 4.57 Å². The SMILES string of the molecule is Cn1c2[n+](c3c1cn1cccnc31)Cc1cccnc1-2. The summed E-state index contributed by atoms with van der Waals surface area (Å²) in [5.74, 6) is 1.17. The summed E-state index contributed by atoms with van der Waals surface area (Å²) in [6, 6.07) is 6.10. The molecule has 0 saturated heterocycles. The molecule has 0 N–H and O–H groups in total. The van der Waals surface area contributed by atoms with E-state index in [-0.39, 0.29) is 0 Å². The highest BCUT2D eigenvalue weighted by Gasteiger charge is 2.35. The Hall–Kier alpha value is -2.69. The van der Waals surface area contributed by atoms with Crippen molar-refractivity contribution >= 4 is 16.7 Å². The Kier molecular flexibility index (Phi) is 1.65. The molecule has 1 aliphatic heterocycles. The van der Waals surface area contributed by atoms with Gasteiger partial charge in [-0.15, -0.1) is 0 Å². The van der Waals surface area contributed by atoms with E-state index in [9.17, 15) is 0 Å². The van der Waals surface area contributed by atoms with Gasteiger partial charge in [-0.1, -0.05) is 6.07 Å². The number of fused-ring (bicyclic) bond motifs is 7. The molecule has 0 bridgehead atoms. The predicted molar refractivity (Wildman–Crippen MR) is 74.2 cm³/mol. The summed E-state index contributed by atoms with van der Waals surface area (Å²) in [5.41, 5.74) is 5.73. The van der Waals surface area contributed by atoms with E-state index < -0.39 is 0 Å². The summed E-state index contributed by atoms with van der Waals surface area (Å²) in [4.78, 5) is 9.08. The van der Waals surface area contributed by atoms with Gasteiger partial charge in [-0.2, -0.15) is 0 Å². The molecule has 0 amide bonds. The number of rotatable bonds is 0. The third-order valence-electron chi connectivity index (χ3n) is 4.13. The van der Waals surface area contributed by atoms with Gasteiger partial charge in [-0.3, -0.25) is 0 Å². The second-order valence-corrected chi connectivity index (χ2v) is 5.19. The van der Waals surface area contributed by atoms with Gasteiger partial charge in [0.25, 0.3) is 0 Å². The van der Waals surface area contributed by atoms with Crippen LogP contribution in [0.2, 0.25) is 0 Å². The number of nitrogens with zero attached hydrogens (tertiary/aromatic N) is 5. The lowest BCUT2D eigenvalue weighted by molar-refractivity contribution is -0.645. The molecule has 5 nitrogen and oxygen atoms in total. The number of aryl methyl sites for hydroxylation is 1. The molecule has 0 radical (unpaired) electrons. The Morgan fingerprint density at radius 3 is 3.05 bits per heavy atom. The zero-order valence-electron chi connectivity index (χ0n) is 11.0. The van der Waals surface area contributed by atoms with Gasteiger partial charge in [-0.25, -0.2) is 19.1 Å². The van der Waals surface area contributed by atoms with Crippen molar-refractivity contribution in [3.05, 3.63) is 48.5 Å². The van der Waals surface area contributed by atoms with Gasteiger partial charge in [0, 0.05) is 24.2 Å². The maximum absolute atomic E-state index is 4.55. The van der Waals surface area contributed by atoms with Crippen LogP contribution < -0.4 is 4.57 Å². The van der Waals surface area contributed by atoms with Gasteiger partial charge in [0.05, 0.1) is 13.2 Å². The Labute approximate surface area is 114 Å². The summed E-state index contributed by atoms with van der Waals surface area (Å²) in [7, 11) is 2.09. The number of aromatic nitrogens is 5. The third-order valence-corrected chi connectivity index (χ3v) is 4.13. The Balaban J connectivity index is 1.99. The summed E-state index contributed by atoms with van der Waals surface area (Å²) < 4.78 is 6.60. The third kappa shape index (κ3) is 1.02. The Morgan fingerprint density at radius 1 is 1.20 bits per heavy atom. The highest BCUT2D eigenvalue weighted by molar-refractivity contribution is 5.89. The van der Waals surface area contributed by atoms with Crippen LogP contribution in [0, 0.1) is 0 Å². The van der Waals surface area contributed by atoms with E-state index in [1.165, 1.54) is 22.4 Å². The van der Waals surface area contributed by atoms with Crippen LogP contribution in [0.3, 0.4) is 0 Å².